The Labute approximate surface area is 60.5 Å². The molecule has 0 heterocycles. The molecule has 0 aromatic rings. The molecule has 10 heavy (non-hydrogen) atoms. The molecule has 0 aromatic heterocycles. The molecule has 0 aliphatic rings. The maximum absolute atomic E-state index is 10.5. The van der Waals surface area contributed by atoms with Gasteiger partial charge in [-0.05, 0) is 0 Å². The third-order valence-electron chi connectivity index (χ3n) is 0.943. The second kappa shape index (κ2) is 4.45. The first-order chi connectivity index (χ1) is 4.72. The molecule has 0 bridgehead atoms. The quantitative estimate of drug-likeness (QED) is 0.439. The summed E-state index contributed by atoms with van der Waals surface area (Å²) in [5.41, 5.74) is 4.95. The van der Waals surface area contributed by atoms with E-state index < -0.39 is 6.03 Å². The first-order valence-electron chi connectivity index (χ1n) is 2.81. The Morgan fingerprint density at radius 2 is 2.50 bits per heavy atom. The predicted molar refractivity (Wildman–Crippen MR) is 40.2 cm³/mol. The van der Waals surface area contributed by atoms with Gasteiger partial charge in [0, 0.05) is 6.54 Å². The molecule has 3 heteroatoms. The maximum atomic E-state index is 10.5. The number of urea groups is 1. The molecule has 0 fully saturated rings. The van der Waals surface area contributed by atoms with Crippen LogP contribution in [0.15, 0.2) is 12.7 Å². The smallest absolute Gasteiger partial charge is 0.315 e. The molecule has 0 aliphatic carbocycles. The van der Waals surface area contributed by atoms with Gasteiger partial charge in [-0.3, -0.25) is 0 Å². The van der Waals surface area contributed by atoms with Gasteiger partial charge in [-0.2, -0.15) is 0 Å². The zero-order valence-corrected chi connectivity index (χ0v) is 5.71. The number of primary amides is 1. The number of terminal acetylenes is 1. The van der Waals surface area contributed by atoms with E-state index in [-0.39, 0.29) is 6.54 Å². The number of carbonyl (C=O) groups is 1. The largest absolute Gasteiger partial charge is 0.351 e. The van der Waals surface area contributed by atoms with Gasteiger partial charge in [-0.25, -0.2) is 4.79 Å². The van der Waals surface area contributed by atoms with Crippen LogP contribution in [0.1, 0.15) is 0 Å². The van der Waals surface area contributed by atoms with Crippen LogP contribution in [0.25, 0.3) is 0 Å². The van der Waals surface area contributed by atoms with Crippen molar-refractivity contribution in [1.82, 2.24) is 4.90 Å². The highest BCUT2D eigenvalue weighted by Crippen LogP contribution is 1.85. The van der Waals surface area contributed by atoms with Crippen molar-refractivity contribution in [2.24, 2.45) is 5.73 Å². The van der Waals surface area contributed by atoms with Crippen LogP contribution in [0, 0.1) is 12.3 Å². The molecule has 0 atom stereocenters. The van der Waals surface area contributed by atoms with Crippen LogP contribution in [-0.4, -0.2) is 24.0 Å². The fraction of sp³-hybridized carbons (Fsp3) is 0.286. The van der Waals surface area contributed by atoms with Crippen LogP contribution in [-0.2, 0) is 0 Å². The Kier molecular flexibility index (Phi) is 3.81. The van der Waals surface area contributed by atoms with Gasteiger partial charge in [0.2, 0.25) is 0 Å². The first-order valence-corrected chi connectivity index (χ1v) is 2.81. The van der Waals surface area contributed by atoms with Crippen LogP contribution >= 0.6 is 0 Å². The van der Waals surface area contributed by atoms with Gasteiger partial charge in [-0.15, -0.1) is 13.0 Å². The minimum absolute atomic E-state index is 0.237. The molecule has 0 aliphatic heterocycles. The van der Waals surface area contributed by atoms with Crippen molar-refractivity contribution in [3.63, 3.8) is 0 Å². The number of nitrogens with two attached hydrogens (primary N) is 1. The fourth-order valence-corrected chi connectivity index (χ4v) is 0.498. The summed E-state index contributed by atoms with van der Waals surface area (Å²) in [4.78, 5) is 11.8. The molecule has 2 amide bonds. The van der Waals surface area contributed by atoms with Crippen LogP contribution in [0.3, 0.4) is 0 Å². The molecule has 3 nitrogen and oxygen atoms in total. The number of carbonyl (C=O) groups excluding carboxylic acids is 1. The van der Waals surface area contributed by atoms with Crippen molar-refractivity contribution in [2.45, 2.75) is 0 Å². The topological polar surface area (TPSA) is 46.3 Å². The van der Waals surface area contributed by atoms with Crippen LogP contribution in [0.2, 0.25) is 0 Å². The van der Waals surface area contributed by atoms with Gasteiger partial charge >= 0.3 is 6.03 Å². The number of hydrogen-bond donors (Lipinski definition) is 1. The molecule has 2 N–H and O–H groups in total. The Bertz CT molecular complexity index is 169. The van der Waals surface area contributed by atoms with E-state index in [0.717, 1.165) is 0 Å². The molecular weight excluding hydrogens is 128 g/mol. The summed E-state index contributed by atoms with van der Waals surface area (Å²) < 4.78 is 0. The molecule has 0 unspecified atom stereocenters. The summed E-state index contributed by atoms with van der Waals surface area (Å²) >= 11 is 0. The summed E-state index contributed by atoms with van der Waals surface area (Å²) in [6.07, 6.45) is 6.54. The summed E-state index contributed by atoms with van der Waals surface area (Å²) in [5.74, 6) is 2.31. The minimum atomic E-state index is -0.516. The van der Waals surface area contributed by atoms with Gasteiger partial charge in [0.1, 0.15) is 0 Å². The van der Waals surface area contributed by atoms with Crippen molar-refractivity contribution in [2.75, 3.05) is 13.1 Å². The average molecular weight is 138 g/mol. The summed E-state index contributed by atoms with van der Waals surface area (Å²) in [5, 5.41) is 0. The molecule has 0 rings (SSSR count). The Hall–Kier alpha value is -1.43. The normalized spacial score (nSPS) is 7.90. The molecule has 0 radical (unpaired) electrons. The van der Waals surface area contributed by atoms with Crippen LogP contribution < -0.4 is 5.73 Å². The maximum Gasteiger partial charge on any atom is 0.315 e. The van der Waals surface area contributed by atoms with Crippen molar-refractivity contribution in [3.05, 3.63) is 12.7 Å². The summed E-state index contributed by atoms with van der Waals surface area (Å²) in [6.45, 7) is 4.09. The zero-order chi connectivity index (χ0) is 7.98. The number of rotatable bonds is 3. The van der Waals surface area contributed by atoms with E-state index in [9.17, 15) is 4.79 Å². The van der Waals surface area contributed by atoms with Gasteiger partial charge in [0.15, 0.2) is 0 Å². The number of amides is 2. The van der Waals surface area contributed by atoms with Crippen LogP contribution in [0.4, 0.5) is 4.79 Å². The number of nitrogens with zero attached hydrogens (tertiary/aromatic N) is 1. The molecule has 0 saturated heterocycles. The van der Waals surface area contributed by atoms with Gasteiger partial charge in [-0.1, -0.05) is 12.0 Å². The van der Waals surface area contributed by atoms with E-state index in [2.05, 4.69) is 12.5 Å². The summed E-state index contributed by atoms with van der Waals surface area (Å²) in [7, 11) is 0. The minimum Gasteiger partial charge on any atom is -0.351 e. The molecular formula is C7H10N2O. The lowest BCUT2D eigenvalue weighted by Crippen LogP contribution is -2.35. The Morgan fingerprint density at radius 1 is 1.90 bits per heavy atom. The first kappa shape index (κ1) is 8.57. The predicted octanol–water partition coefficient (Wildman–Crippen LogP) is 0.186. The standard InChI is InChI=1S/C7H10N2O/c1-3-5-9(6-4-2)7(8)10/h1,4H,2,5-6H2,(H2,8,10). The van der Waals surface area contributed by atoms with Crippen LogP contribution in [0.5, 0.6) is 0 Å². The van der Waals surface area contributed by atoms with Gasteiger partial charge < -0.3 is 10.6 Å². The molecule has 54 valence electrons. The average Bonchev–Trinajstić information content (AvgIpc) is 1.87. The lowest BCUT2D eigenvalue weighted by atomic mass is 10.5. The third-order valence-corrected chi connectivity index (χ3v) is 0.943. The van der Waals surface area contributed by atoms with Crippen molar-refractivity contribution >= 4 is 6.03 Å². The monoisotopic (exact) mass is 138 g/mol. The van der Waals surface area contributed by atoms with E-state index in [1.54, 1.807) is 6.08 Å². The van der Waals surface area contributed by atoms with Gasteiger partial charge in [0.05, 0.1) is 6.54 Å². The second-order valence-corrected chi connectivity index (χ2v) is 1.71. The number of hydrogen-bond acceptors (Lipinski definition) is 1. The highest BCUT2D eigenvalue weighted by molar-refractivity contribution is 5.72. The Balaban J connectivity index is 3.86. The second-order valence-electron chi connectivity index (χ2n) is 1.71. The molecule has 0 spiro atoms. The molecule has 0 aromatic carbocycles. The summed E-state index contributed by atoms with van der Waals surface area (Å²) in [6, 6.07) is -0.516. The van der Waals surface area contributed by atoms with Crippen molar-refractivity contribution in [1.29, 1.82) is 0 Å². The lowest BCUT2D eigenvalue weighted by Gasteiger charge is -2.13. The zero-order valence-electron chi connectivity index (χ0n) is 5.71. The lowest BCUT2D eigenvalue weighted by molar-refractivity contribution is 0.219. The fourth-order valence-electron chi connectivity index (χ4n) is 0.498. The van der Waals surface area contributed by atoms with E-state index in [1.807, 2.05) is 0 Å². The van der Waals surface area contributed by atoms with Crippen molar-refractivity contribution in [3.8, 4) is 12.3 Å². The van der Waals surface area contributed by atoms with E-state index in [4.69, 9.17) is 12.2 Å². The highest BCUT2D eigenvalue weighted by Gasteiger charge is 2.03. The van der Waals surface area contributed by atoms with E-state index in [0.29, 0.717) is 6.54 Å². The Morgan fingerprint density at radius 3 is 2.80 bits per heavy atom. The highest BCUT2D eigenvalue weighted by atomic mass is 16.2. The molecule has 0 saturated carbocycles. The van der Waals surface area contributed by atoms with Crippen molar-refractivity contribution < 1.29 is 4.79 Å². The van der Waals surface area contributed by atoms with Gasteiger partial charge in [0.25, 0.3) is 0 Å². The van der Waals surface area contributed by atoms with E-state index in [1.165, 1.54) is 4.90 Å². The third kappa shape index (κ3) is 2.78. The SMILES string of the molecule is C#CCN(CC=C)C(N)=O. The van der Waals surface area contributed by atoms with E-state index >= 15 is 0 Å².